The topological polar surface area (TPSA) is 101 Å². The van der Waals surface area contributed by atoms with Crippen LogP contribution in [0.5, 0.6) is 11.5 Å². The highest BCUT2D eigenvalue weighted by atomic mass is 19.1. The molecule has 0 unspecified atom stereocenters. The van der Waals surface area contributed by atoms with Crippen LogP contribution in [0.25, 0.3) is 0 Å². The first-order valence-electron chi connectivity index (χ1n) is 8.25. The average Bonchev–Trinajstić information content (AvgIpc) is 2.64. The molecule has 10 heteroatoms. The molecule has 3 rings (SSSR count). The van der Waals surface area contributed by atoms with Crippen molar-refractivity contribution in [1.82, 2.24) is 14.8 Å². The van der Waals surface area contributed by atoms with Crippen LogP contribution in [-0.2, 0) is 0 Å². The number of amides is 2. The van der Waals surface area contributed by atoms with Crippen LogP contribution in [0, 0.1) is 15.9 Å². The lowest BCUT2D eigenvalue weighted by Gasteiger charge is -2.32. The molecule has 2 heterocycles. The van der Waals surface area contributed by atoms with Crippen molar-refractivity contribution in [2.45, 2.75) is 0 Å². The lowest BCUT2D eigenvalue weighted by molar-refractivity contribution is -0.385. The first-order chi connectivity index (χ1) is 12.9. The Morgan fingerprint density at radius 3 is 2.67 bits per heavy atom. The summed E-state index contributed by atoms with van der Waals surface area (Å²) in [6.07, 6.45) is 1.41. The highest BCUT2D eigenvalue weighted by Crippen LogP contribution is 2.28. The molecule has 0 spiro atoms. The number of non-ortho nitro benzene ring substituents is 1. The summed E-state index contributed by atoms with van der Waals surface area (Å²) >= 11 is 0. The molecule has 142 valence electrons. The van der Waals surface area contributed by atoms with Gasteiger partial charge in [0.1, 0.15) is 11.6 Å². The number of anilines is 1. The summed E-state index contributed by atoms with van der Waals surface area (Å²) in [7, 11) is 1.99. The van der Waals surface area contributed by atoms with E-state index >= 15 is 0 Å². The zero-order valence-electron chi connectivity index (χ0n) is 14.6. The van der Waals surface area contributed by atoms with Crippen LogP contribution in [0.15, 0.2) is 36.5 Å². The SMILES string of the molecule is CN1CCN(C(=O)Nc2cc(Oc3ccc([N+](=O)[O-])cc3F)ccn2)CC1. The number of benzene rings is 1. The molecule has 0 atom stereocenters. The molecule has 1 N–H and O–H groups in total. The predicted molar refractivity (Wildman–Crippen MR) is 95.5 cm³/mol. The van der Waals surface area contributed by atoms with Gasteiger partial charge in [-0.25, -0.2) is 14.2 Å². The molecule has 2 amide bonds. The standard InChI is InChI=1S/C17H18FN5O4/c1-21-6-8-22(9-7-21)17(24)20-16-11-13(4-5-19-16)27-15-3-2-12(23(25)26)10-14(15)18/h2-5,10-11H,6-9H2,1H3,(H,19,20,24). The van der Waals surface area contributed by atoms with Crippen molar-refractivity contribution in [2.75, 3.05) is 38.5 Å². The number of pyridine rings is 1. The van der Waals surface area contributed by atoms with Crippen molar-refractivity contribution in [3.05, 3.63) is 52.5 Å². The number of hydrogen-bond donors (Lipinski definition) is 1. The third-order valence-corrected chi connectivity index (χ3v) is 4.11. The summed E-state index contributed by atoms with van der Waals surface area (Å²) < 4.78 is 19.4. The zero-order chi connectivity index (χ0) is 19.4. The fourth-order valence-corrected chi connectivity index (χ4v) is 2.55. The van der Waals surface area contributed by atoms with Gasteiger partial charge in [0, 0.05) is 44.5 Å². The lowest BCUT2D eigenvalue weighted by Crippen LogP contribution is -2.48. The molecule has 1 aliphatic heterocycles. The molecule has 9 nitrogen and oxygen atoms in total. The minimum atomic E-state index is -0.857. The molecule has 27 heavy (non-hydrogen) atoms. The van der Waals surface area contributed by atoms with Gasteiger partial charge in [-0.15, -0.1) is 0 Å². The molecular formula is C17H18FN5O4. The Hall–Kier alpha value is -3.27. The molecular weight excluding hydrogens is 357 g/mol. The number of carbonyl (C=O) groups excluding carboxylic acids is 1. The summed E-state index contributed by atoms with van der Waals surface area (Å²) in [6, 6.07) is 5.79. The van der Waals surface area contributed by atoms with Crippen LogP contribution in [0.2, 0.25) is 0 Å². The van der Waals surface area contributed by atoms with Crippen molar-refractivity contribution in [1.29, 1.82) is 0 Å². The molecule has 2 aromatic rings. The van der Waals surface area contributed by atoms with E-state index in [1.165, 1.54) is 24.4 Å². The largest absolute Gasteiger partial charge is 0.454 e. The first-order valence-corrected chi connectivity index (χ1v) is 8.25. The lowest BCUT2D eigenvalue weighted by atomic mass is 10.3. The number of halogens is 1. The Balaban J connectivity index is 1.67. The van der Waals surface area contributed by atoms with Crippen LogP contribution < -0.4 is 10.1 Å². The Kier molecular flexibility index (Phi) is 5.46. The zero-order valence-corrected chi connectivity index (χ0v) is 14.6. The Labute approximate surface area is 154 Å². The second-order valence-corrected chi connectivity index (χ2v) is 6.07. The van der Waals surface area contributed by atoms with Crippen LogP contribution in [-0.4, -0.2) is 59.0 Å². The van der Waals surface area contributed by atoms with Crippen molar-refractivity contribution in [3.8, 4) is 11.5 Å². The number of urea groups is 1. The summed E-state index contributed by atoms with van der Waals surface area (Å²) in [5.74, 6) is -0.516. The number of nitrogens with one attached hydrogen (secondary N) is 1. The van der Waals surface area contributed by atoms with E-state index in [0.29, 0.717) is 13.1 Å². The number of nitrogens with zero attached hydrogens (tertiary/aromatic N) is 4. The van der Waals surface area contributed by atoms with Crippen LogP contribution in [0.4, 0.5) is 20.7 Å². The molecule has 1 aliphatic rings. The summed E-state index contributed by atoms with van der Waals surface area (Å²) in [5, 5.41) is 13.3. The van der Waals surface area contributed by atoms with Crippen LogP contribution in [0.1, 0.15) is 0 Å². The van der Waals surface area contributed by atoms with Crippen molar-refractivity contribution in [2.24, 2.45) is 0 Å². The molecule has 1 aromatic heterocycles. The van der Waals surface area contributed by atoms with E-state index in [1.807, 2.05) is 7.05 Å². The number of nitro benzene ring substituents is 1. The van der Waals surface area contributed by atoms with Gasteiger partial charge >= 0.3 is 6.03 Å². The maximum atomic E-state index is 14.0. The third kappa shape index (κ3) is 4.67. The minimum absolute atomic E-state index is 0.164. The second-order valence-electron chi connectivity index (χ2n) is 6.07. The van der Waals surface area contributed by atoms with E-state index in [0.717, 1.165) is 25.2 Å². The maximum Gasteiger partial charge on any atom is 0.323 e. The Morgan fingerprint density at radius 1 is 1.26 bits per heavy atom. The quantitative estimate of drug-likeness (QED) is 0.651. The molecule has 1 aromatic carbocycles. The fourth-order valence-electron chi connectivity index (χ4n) is 2.55. The third-order valence-electron chi connectivity index (χ3n) is 4.11. The summed E-state index contributed by atoms with van der Waals surface area (Å²) in [6.45, 7) is 2.83. The van der Waals surface area contributed by atoms with Crippen molar-refractivity contribution < 1.29 is 18.8 Å². The molecule has 0 radical (unpaired) electrons. The molecule has 0 saturated carbocycles. The van der Waals surface area contributed by atoms with Crippen molar-refractivity contribution in [3.63, 3.8) is 0 Å². The summed E-state index contributed by atoms with van der Waals surface area (Å²) in [4.78, 5) is 30.1. The number of ether oxygens (including phenoxy) is 1. The smallest absolute Gasteiger partial charge is 0.323 e. The van der Waals surface area contributed by atoms with E-state index in [2.05, 4.69) is 15.2 Å². The predicted octanol–water partition coefficient (Wildman–Crippen LogP) is 2.70. The molecule has 0 bridgehead atoms. The first kappa shape index (κ1) is 18.5. The number of rotatable bonds is 4. The number of likely N-dealkylation sites (N-methyl/N-ethyl adjacent to an activating group) is 1. The monoisotopic (exact) mass is 375 g/mol. The normalized spacial score (nSPS) is 14.7. The number of piperazine rings is 1. The molecule has 0 aliphatic carbocycles. The Bertz CT molecular complexity index is 855. The molecule has 1 saturated heterocycles. The van der Waals surface area contributed by atoms with Gasteiger partial charge in [-0.1, -0.05) is 0 Å². The van der Waals surface area contributed by atoms with Gasteiger partial charge in [-0.2, -0.15) is 0 Å². The van der Waals surface area contributed by atoms with Gasteiger partial charge in [-0.3, -0.25) is 15.4 Å². The van der Waals surface area contributed by atoms with E-state index in [-0.39, 0.29) is 29.0 Å². The van der Waals surface area contributed by atoms with Crippen LogP contribution >= 0.6 is 0 Å². The number of hydrogen-bond acceptors (Lipinski definition) is 6. The Morgan fingerprint density at radius 2 is 2.00 bits per heavy atom. The van der Waals surface area contributed by atoms with Gasteiger partial charge in [0.15, 0.2) is 11.6 Å². The van der Waals surface area contributed by atoms with E-state index in [9.17, 15) is 19.3 Å². The van der Waals surface area contributed by atoms with Gasteiger partial charge in [-0.05, 0) is 19.2 Å². The van der Waals surface area contributed by atoms with Crippen LogP contribution in [0.3, 0.4) is 0 Å². The van der Waals surface area contributed by atoms with Gasteiger partial charge in [0.2, 0.25) is 0 Å². The van der Waals surface area contributed by atoms with E-state index in [1.54, 1.807) is 4.90 Å². The van der Waals surface area contributed by atoms with Crippen molar-refractivity contribution >= 4 is 17.5 Å². The molecule has 1 fully saturated rings. The van der Waals surface area contributed by atoms with Gasteiger partial charge in [0.25, 0.3) is 5.69 Å². The van der Waals surface area contributed by atoms with Gasteiger partial charge < -0.3 is 14.5 Å². The maximum absolute atomic E-state index is 14.0. The minimum Gasteiger partial charge on any atom is -0.454 e. The highest BCUT2D eigenvalue weighted by molar-refractivity contribution is 5.88. The highest BCUT2D eigenvalue weighted by Gasteiger charge is 2.19. The fraction of sp³-hybridized carbons (Fsp3) is 0.294. The number of aromatic nitrogens is 1. The van der Waals surface area contributed by atoms with E-state index in [4.69, 9.17) is 4.74 Å². The van der Waals surface area contributed by atoms with E-state index < -0.39 is 10.7 Å². The number of carbonyl (C=O) groups is 1. The average molecular weight is 375 g/mol. The second kappa shape index (κ2) is 7.96. The number of nitro groups is 1. The summed E-state index contributed by atoms with van der Waals surface area (Å²) in [5.41, 5.74) is -0.366. The van der Waals surface area contributed by atoms with Gasteiger partial charge in [0.05, 0.1) is 11.0 Å².